The molecule has 5 nitrogen and oxygen atoms in total. The molecule has 6 heteroatoms. The Morgan fingerprint density at radius 3 is 2.29 bits per heavy atom. The molecule has 0 aliphatic carbocycles. The summed E-state index contributed by atoms with van der Waals surface area (Å²) in [5.41, 5.74) is 7.57. The third-order valence-corrected chi connectivity index (χ3v) is 6.62. The van der Waals surface area contributed by atoms with Crippen molar-refractivity contribution in [1.82, 2.24) is 0 Å². The maximum atomic E-state index is 12.4. The first kappa shape index (κ1) is 17.5. The zero-order valence-electron chi connectivity index (χ0n) is 13.2. The number of nitrogens with two attached hydrogens (primary N) is 1. The van der Waals surface area contributed by atoms with Crippen molar-refractivity contribution >= 4 is 27.1 Å². The quantitative estimate of drug-likeness (QED) is 0.817. The number of hydrogen-bond acceptors (Lipinski definition) is 4. The van der Waals surface area contributed by atoms with Crippen molar-refractivity contribution in [3.8, 4) is 0 Å². The lowest BCUT2D eigenvalue weighted by atomic mass is 10.1. The number of nitrogen functional groups attached to an aromatic ring is 1. The first-order valence-electron chi connectivity index (χ1n) is 6.97. The highest BCUT2D eigenvalue weighted by Crippen LogP contribution is 2.21. The lowest BCUT2D eigenvalue weighted by Gasteiger charge is -2.21. The van der Waals surface area contributed by atoms with Crippen LogP contribution in [0.5, 0.6) is 0 Å². The molecule has 1 rings (SSSR count). The van der Waals surface area contributed by atoms with Crippen molar-refractivity contribution in [2.75, 3.05) is 11.1 Å². The van der Waals surface area contributed by atoms with Crippen molar-refractivity contribution in [2.24, 2.45) is 5.92 Å². The van der Waals surface area contributed by atoms with E-state index in [-0.39, 0.29) is 5.92 Å². The summed E-state index contributed by atoms with van der Waals surface area (Å²) in [4.78, 5) is 12.2. The van der Waals surface area contributed by atoms with Gasteiger partial charge in [-0.3, -0.25) is 4.79 Å². The lowest BCUT2D eigenvalue weighted by molar-refractivity contribution is -0.115. The normalized spacial score (nSPS) is 14.8. The molecule has 0 saturated heterocycles. The average molecular weight is 312 g/mol. The summed E-state index contributed by atoms with van der Waals surface area (Å²) in [6, 6.07) is 5.13. The Hall–Kier alpha value is -1.56. The van der Waals surface area contributed by atoms with E-state index >= 15 is 0 Å². The van der Waals surface area contributed by atoms with Gasteiger partial charge in [0.05, 0.1) is 5.25 Å². The molecule has 0 fully saturated rings. The molecule has 1 amide bonds. The first-order valence-corrected chi connectivity index (χ1v) is 8.58. The number of carbonyl (C=O) groups is 1. The molecule has 1 aromatic rings. The van der Waals surface area contributed by atoms with E-state index in [0.29, 0.717) is 11.4 Å². The van der Waals surface area contributed by atoms with Gasteiger partial charge in [-0.15, -0.1) is 0 Å². The Morgan fingerprint density at radius 2 is 1.76 bits per heavy atom. The van der Waals surface area contributed by atoms with Gasteiger partial charge >= 0.3 is 0 Å². The number of sulfone groups is 1. The van der Waals surface area contributed by atoms with Crippen LogP contribution in [0.3, 0.4) is 0 Å². The second-order valence-electron chi connectivity index (χ2n) is 5.74. The molecule has 2 unspecified atom stereocenters. The maximum absolute atomic E-state index is 12.4. The highest BCUT2D eigenvalue weighted by molar-refractivity contribution is 7.93. The molecule has 0 heterocycles. The number of hydrogen-bond donors (Lipinski definition) is 2. The van der Waals surface area contributed by atoms with E-state index in [4.69, 9.17) is 5.73 Å². The second-order valence-corrected chi connectivity index (χ2v) is 8.37. The molecule has 0 aromatic heterocycles. The van der Waals surface area contributed by atoms with Crippen LogP contribution >= 0.6 is 0 Å². The van der Waals surface area contributed by atoms with Gasteiger partial charge in [0.2, 0.25) is 5.91 Å². The predicted molar refractivity (Wildman–Crippen MR) is 86.9 cm³/mol. The van der Waals surface area contributed by atoms with Crippen LogP contribution in [0.25, 0.3) is 0 Å². The van der Waals surface area contributed by atoms with Gasteiger partial charge in [-0.25, -0.2) is 8.42 Å². The van der Waals surface area contributed by atoms with Gasteiger partial charge in [-0.05, 0) is 44.4 Å². The highest BCUT2D eigenvalue weighted by atomic mass is 32.2. The summed E-state index contributed by atoms with van der Waals surface area (Å²) in [7, 11) is -3.52. The summed E-state index contributed by atoms with van der Waals surface area (Å²) in [5, 5.41) is 0.982. The van der Waals surface area contributed by atoms with E-state index in [1.165, 1.54) is 6.92 Å². The number of nitrogens with one attached hydrogen (secondary N) is 1. The molecule has 0 aliphatic rings. The third-order valence-electron chi connectivity index (χ3n) is 3.84. The molecular weight excluding hydrogens is 288 g/mol. The number of benzene rings is 1. The molecule has 0 radical (unpaired) electrons. The largest absolute Gasteiger partial charge is 0.399 e. The number of anilines is 2. The molecular formula is C15H24N2O3S. The number of rotatable bonds is 5. The van der Waals surface area contributed by atoms with Crippen LogP contribution in [0.15, 0.2) is 18.2 Å². The fourth-order valence-corrected chi connectivity index (χ4v) is 3.62. The Balaban J connectivity index is 2.96. The lowest BCUT2D eigenvalue weighted by Crippen LogP contribution is -2.39. The molecule has 0 spiro atoms. The summed E-state index contributed by atoms with van der Waals surface area (Å²) in [6.45, 7) is 8.54. The summed E-state index contributed by atoms with van der Waals surface area (Å²) >= 11 is 0. The molecule has 118 valence electrons. The zero-order chi connectivity index (χ0) is 16.4. The minimum atomic E-state index is -3.52. The van der Waals surface area contributed by atoms with E-state index in [1.54, 1.807) is 25.1 Å². The standard InChI is InChI=1S/C15H24N2O3S/c1-9(2)11(4)21(19,20)12(5)15(18)17-14-8-13(16)7-6-10(14)3/h6-9,11-12H,16H2,1-5H3,(H,17,18). The molecule has 0 aliphatic heterocycles. The molecule has 0 bridgehead atoms. The number of carbonyl (C=O) groups excluding carboxylic acids is 1. The van der Waals surface area contributed by atoms with Gasteiger partial charge in [-0.1, -0.05) is 19.9 Å². The van der Waals surface area contributed by atoms with E-state index in [0.717, 1.165) is 5.56 Å². The average Bonchev–Trinajstić information content (AvgIpc) is 2.40. The van der Waals surface area contributed by atoms with Crippen LogP contribution in [0.1, 0.15) is 33.3 Å². The zero-order valence-corrected chi connectivity index (χ0v) is 14.0. The van der Waals surface area contributed by atoms with Crippen LogP contribution in [0.2, 0.25) is 0 Å². The minimum Gasteiger partial charge on any atom is -0.399 e. The van der Waals surface area contributed by atoms with Crippen molar-refractivity contribution in [3.63, 3.8) is 0 Å². The fraction of sp³-hybridized carbons (Fsp3) is 0.533. The van der Waals surface area contributed by atoms with Crippen LogP contribution in [0.4, 0.5) is 11.4 Å². The van der Waals surface area contributed by atoms with Crippen molar-refractivity contribution in [1.29, 1.82) is 0 Å². The summed E-state index contributed by atoms with van der Waals surface area (Å²) < 4.78 is 24.7. The highest BCUT2D eigenvalue weighted by Gasteiger charge is 2.34. The Kier molecular flexibility index (Phi) is 5.39. The molecule has 2 atom stereocenters. The number of amides is 1. The molecule has 3 N–H and O–H groups in total. The van der Waals surface area contributed by atoms with Crippen LogP contribution in [0, 0.1) is 12.8 Å². The van der Waals surface area contributed by atoms with Gasteiger partial charge in [-0.2, -0.15) is 0 Å². The first-order chi connectivity index (χ1) is 9.57. The second kappa shape index (κ2) is 6.47. The van der Waals surface area contributed by atoms with E-state index in [1.807, 2.05) is 20.8 Å². The van der Waals surface area contributed by atoms with Crippen LogP contribution < -0.4 is 11.1 Å². The van der Waals surface area contributed by atoms with Gasteiger partial charge in [0.25, 0.3) is 0 Å². The predicted octanol–water partition coefficient (Wildman–Crippen LogP) is 2.36. The minimum absolute atomic E-state index is 0.0423. The van der Waals surface area contributed by atoms with E-state index in [2.05, 4.69) is 5.32 Å². The van der Waals surface area contributed by atoms with Gasteiger partial charge in [0.15, 0.2) is 9.84 Å². The van der Waals surface area contributed by atoms with Crippen molar-refractivity contribution < 1.29 is 13.2 Å². The monoisotopic (exact) mass is 312 g/mol. The Bertz CT molecular complexity index is 624. The SMILES string of the molecule is Cc1ccc(N)cc1NC(=O)C(C)S(=O)(=O)C(C)C(C)C. The van der Waals surface area contributed by atoms with Gasteiger partial charge in [0.1, 0.15) is 5.25 Å². The molecule has 1 aromatic carbocycles. The summed E-state index contributed by atoms with van der Waals surface area (Å²) in [5.74, 6) is -0.574. The molecule has 21 heavy (non-hydrogen) atoms. The van der Waals surface area contributed by atoms with Crippen LogP contribution in [-0.4, -0.2) is 24.8 Å². The Labute approximate surface area is 126 Å². The molecule has 0 saturated carbocycles. The van der Waals surface area contributed by atoms with E-state index in [9.17, 15) is 13.2 Å². The third kappa shape index (κ3) is 3.97. The maximum Gasteiger partial charge on any atom is 0.242 e. The fourth-order valence-electron chi connectivity index (χ4n) is 1.86. The van der Waals surface area contributed by atoms with E-state index < -0.39 is 26.2 Å². The topological polar surface area (TPSA) is 89.3 Å². The van der Waals surface area contributed by atoms with Crippen molar-refractivity contribution in [2.45, 2.75) is 45.1 Å². The summed E-state index contributed by atoms with van der Waals surface area (Å²) in [6.07, 6.45) is 0. The van der Waals surface area contributed by atoms with Gasteiger partial charge in [0, 0.05) is 11.4 Å². The number of aryl methyl sites for hydroxylation is 1. The Morgan fingerprint density at radius 1 is 1.19 bits per heavy atom. The van der Waals surface area contributed by atoms with Gasteiger partial charge < -0.3 is 11.1 Å². The van der Waals surface area contributed by atoms with Crippen LogP contribution in [-0.2, 0) is 14.6 Å². The smallest absolute Gasteiger partial charge is 0.242 e. The van der Waals surface area contributed by atoms with Crippen molar-refractivity contribution in [3.05, 3.63) is 23.8 Å².